The zero-order valence-corrected chi connectivity index (χ0v) is 16.1. The minimum Gasteiger partial charge on any atom is -0.496 e. The molecule has 0 aliphatic carbocycles. The summed E-state index contributed by atoms with van der Waals surface area (Å²) in [6.45, 7) is -0.983. The van der Waals surface area contributed by atoms with Gasteiger partial charge in [0.15, 0.2) is 5.13 Å². The molecule has 2 aromatic carbocycles. The molecule has 1 aromatic heterocycles. The highest BCUT2D eigenvalue weighted by molar-refractivity contribution is 7.16. The van der Waals surface area contributed by atoms with Crippen LogP contribution in [-0.2, 0) is 11.2 Å². The number of amides is 1. The van der Waals surface area contributed by atoms with E-state index < -0.39 is 6.61 Å². The third kappa shape index (κ3) is 4.83. The molecule has 0 atom stereocenters. The highest BCUT2D eigenvalue weighted by Crippen LogP contribution is 2.31. The number of thiazole rings is 1. The van der Waals surface area contributed by atoms with Crippen molar-refractivity contribution in [2.45, 2.75) is 20.0 Å². The van der Waals surface area contributed by atoms with Gasteiger partial charge in [0.1, 0.15) is 11.5 Å². The Hall–Kier alpha value is -3.00. The number of carbonyl (C=O) groups is 1. The van der Waals surface area contributed by atoms with Gasteiger partial charge in [0.05, 0.1) is 19.2 Å². The van der Waals surface area contributed by atoms with E-state index >= 15 is 0 Å². The van der Waals surface area contributed by atoms with Crippen molar-refractivity contribution >= 4 is 22.4 Å². The Morgan fingerprint density at radius 2 is 1.89 bits per heavy atom. The summed E-state index contributed by atoms with van der Waals surface area (Å²) in [6, 6.07) is 13.5. The monoisotopic (exact) mass is 404 g/mol. The first kappa shape index (κ1) is 19.8. The average molecular weight is 404 g/mol. The lowest BCUT2D eigenvalue weighted by molar-refractivity contribution is -0.115. The summed E-state index contributed by atoms with van der Waals surface area (Å²) in [6.07, 6.45) is 0.164. The number of aromatic nitrogens is 1. The Morgan fingerprint density at radius 1 is 1.18 bits per heavy atom. The second kappa shape index (κ2) is 8.79. The standard InChI is InChI=1S/C20H18F2N2O3S/c1-12-18(13-7-9-15(10-8-13)27-19(21)22)24-20(28-12)23-17(25)11-14-5-3-4-6-16(14)26-2/h3-10,19H,11H2,1-2H3,(H,23,24,25). The number of hydrogen-bond acceptors (Lipinski definition) is 5. The molecular formula is C20H18F2N2O3S. The molecule has 0 fully saturated rings. The van der Waals surface area contributed by atoms with E-state index in [4.69, 9.17) is 4.74 Å². The summed E-state index contributed by atoms with van der Waals surface area (Å²) in [7, 11) is 1.56. The lowest BCUT2D eigenvalue weighted by Gasteiger charge is -2.07. The predicted octanol–water partition coefficient (Wildman–Crippen LogP) is 4.91. The number of alkyl halides is 2. The quantitative estimate of drug-likeness (QED) is 0.608. The molecule has 0 saturated heterocycles. The van der Waals surface area contributed by atoms with Crippen molar-refractivity contribution in [1.29, 1.82) is 0 Å². The summed E-state index contributed by atoms with van der Waals surface area (Å²) < 4.78 is 34.1. The molecule has 1 amide bonds. The highest BCUT2D eigenvalue weighted by atomic mass is 32.1. The van der Waals surface area contributed by atoms with Crippen LogP contribution in [0, 0.1) is 6.92 Å². The molecule has 0 aliphatic heterocycles. The third-order valence-corrected chi connectivity index (χ3v) is 4.83. The summed E-state index contributed by atoms with van der Waals surface area (Å²) in [4.78, 5) is 17.7. The Bertz CT molecular complexity index is 958. The summed E-state index contributed by atoms with van der Waals surface area (Å²) in [5, 5.41) is 3.27. The number of aryl methyl sites for hydroxylation is 1. The number of nitrogens with one attached hydrogen (secondary N) is 1. The average Bonchev–Trinajstić information content (AvgIpc) is 3.02. The van der Waals surface area contributed by atoms with E-state index in [0.717, 1.165) is 16.0 Å². The van der Waals surface area contributed by atoms with E-state index in [0.29, 0.717) is 16.6 Å². The lowest BCUT2D eigenvalue weighted by atomic mass is 10.1. The number of rotatable bonds is 7. The maximum atomic E-state index is 12.4. The van der Waals surface area contributed by atoms with Crippen molar-refractivity contribution in [3.63, 3.8) is 0 Å². The normalized spacial score (nSPS) is 10.8. The fourth-order valence-corrected chi connectivity index (χ4v) is 3.55. The van der Waals surface area contributed by atoms with Crippen molar-refractivity contribution < 1.29 is 23.0 Å². The van der Waals surface area contributed by atoms with Crippen LogP contribution in [0.3, 0.4) is 0 Å². The first-order valence-electron chi connectivity index (χ1n) is 8.40. The van der Waals surface area contributed by atoms with E-state index in [2.05, 4.69) is 15.0 Å². The van der Waals surface area contributed by atoms with E-state index in [9.17, 15) is 13.6 Å². The molecule has 0 spiro atoms. The largest absolute Gasteiger partial charge is 0.496 e. The maximum absolute atomic E-state index is 12.4. The van der Waals surface area contributed by atoms with Gasteiger partial charge in [-0.2, -0.15) is 8.78 Å². The van der Waals surface area contributed by atoms with E-state index in [1.54, 1.807) is 25.3 Å². The fourth-order valence-electron chi connectivity index (χ4n) is 2.70. The number of nitrogens with zero attached hydrogens (tertiary/aromatic N) is 1. The molecule has 146 valence electrons. The number of anilines is 1. The van der Waals surface area contributed by atoms with Gasteiger partial charge in [-0.3, -0.25) is 4.79 Å². The third-order valence-electron chi connectivity index (χ3n) is 3.94. The molecule has 0 saturated carbocycles. The van der Waals surface area contributed by atoms with Gasteiger partial charge >= 0.3 is 6.61 Å². The molecule has 5 nitrogen and oxygen atoms in total. The van der Waals surface area contributed by atoms with Gasteiger partial charge in [0.25, 0.3) is 0 Å². The second-order valence-corrected chi connectivity index (χ2v) is 7.07. The highest BCUT2D eigenvalue weighted by Gasteiger charge is 2.14. The van der Waals surface area contributed by atoms with Gasteiger partial charge in [-0.05, 0) is 37.3 Å². The first-order chi connectivity index (χ1) is 13.5. The van der Waals surface area contributed by atoms with E-state index in [1.807, 2.05) is 25.1 Å². The second-order valence-electron chi connectivity index (χ2n) is 5.86. The molecule has 1 N–H and O–H groups in total. The smallest absolute Gasteiger partial charge is 0.387 e. The zero-order chi connectivity index (χ0) is 20.1. The van der Waals surface area contributed by atoms with Crippen LogP contribution in [0.4, 0.5) is 13.9 Å². The Labute approximate surface area is 164 Å². The minimum atomic E-state index is -2.86. The molecule has 3 rings (SSSR count). The topological polar surface area (TPSA) is 60.5 Å². The molecule has 0 bridgehead atoms. The van der Waals surface area contributed by atoms with Gasteiger partial charge < -0.3 is 14.8 Å². The van der Waals surface area contributed by atoms with Crippen LogP contribution in [-0.4, -0.2) is 24.6 Å². The summed E-state index contributed by atoms with van der Waals surface area (Å²) in [5.41, 5.74) is 2.22. The number of carbonyl (C=O) groups excluding carboxylic acids is 1. The van der Waals surface area contributed by atoms with Gasteiger partial charge in [-0.1, -0.05) is 18.2 Å². The molecule has 3 aromatic rings. The molecule has 0 radical (unpaired) electrons. The van der Waals surface area contributed by atoms with Crippen LogP contribution >= 0.6 is 11.3 Å². The molecule has 8 heteroatoms. The van der Waals surface area contributed by atoms with Crippen LogP contribution in [0.2, 0.25) is 0 Å². The Balaban J connectivity index is 1.70. The van der Waals surface area contributed by atoms with Crippen LogP contribution in [0.1, 0.15) is 10.4 Å². The SMILES string of the molecule is COc1ccccc1CC(=O)Nc1nc(-c2ccc(OC(F)F)cc2)c(C)s1. The first-order valence-corrected chi connectivity index (χ1v) is 9.22. The van der Waals surface area contributed by atoms with E-state index in [1.165, 1.54) is 23.5 Å². The number of para-hydroxylation sites is 1. The van der Waals surface area contributed by atoms with Crippen molar-refractivity contribution in [3.8, 4) is 22.8 Å². The summed E-state index contributed by atoms with van der Waals surface area (Å²) >= 11 is 1.35. The number of methoxy groups -OCH3 is 1. The van der Waals surface area contributed by atoms with Gasteiger partial charge in [0.2, 0.25) is 5.91 Å². The molecule has 0 unspecified atom stereocenters. The zero-order valence-electron chi connectivity index (χ0n) is 15.2. The molecule has 1 heterocycles. The van der Waals surface area contributed by atoms with Crippen molar-refractivity contribution in [2.75, 3.05) is 12.4 Å². The van der Waals surface area contributed by atoms with Crippen molar-refractivity contribution in [3.05, 3.63) is 59.0 Å². The summed E-state index contributed by atoms with van der Waals surface area (Å²) in [5.74, 6) is 0.530. The molecular weight excluding hydrogens is 386 g/mol. The lowest BCUT2D eigenvalue weighted by Crippen LogP contribution is -2.14. The van der Waals surface area contributed by atoms with Gasteiger partial charge in [0, 0.05) is 16.0 Å². The Kier molecular flexibility index (Phi) is 6.20. The van der Waals surface area contributed by atoms with Gasteiger partial charge in [-0.15, -0.1) is 11.3 Å². The fraction of sp³-hybridized carbons (Fsp3) is 0.200. The van der Waals surface area contributed by atoms with Gasteiger partial charge in [-0.25, -0.2) is 4.98 Å². The molecule has 28 heavy (non-hydrogen) atoms. The predicted molar refractivity (Wildman–Crippen MR) is 104 cm³/mol. The minimum absolute atomic E-state index is 0.0805. The number of halogens is 2. The van der Waals surface area contributed by atoms with E-state index in [-0.39, 0.29) is 18.1 Å². The van der Waals surface area contributed by atoms with Crippen LogP contribution < -0.4 is 14.8 Å². The van der Waals surface area contributed by atoms with Crippen LogP contribution in [0.25, 0.3) is 11.3 Å². The number of benzene rings is 2. The maximum Gasteiger partial charge on any atom is 0.387 e. The van der Waals surface area contributed by atoms with Crippen molar-refractivity contribution in [1.82, 2.24) is 4.98 Å². The van der Waals surface area contributed by atoms with Crippen LogP contribution in [0.15, 0.2) is 48.5 Å². The molecule has 0 aliphatic rings. The Morgan fingerprint density at radius 3 is 2.57 bits per heavy atom. The van der Waals surface area contributed by atoms with Crippen molar-refractivity contribution in [2.24, 2.45) is 0 Å². The number of ether oxygens (including phenoxy) is 2. The van der Waals surface area contributed by atoms with Crippen LogP contribution in [0.5, 0.6) is 11.5 Å². The number of hydrogen-bond donors (Lipinski definition) is 1.